The van der Waals surface area contributed by atoms with Crippen molar-refractivity contribution >= 4 is 12.0 Å². The zero-order valence-corrected chi connectivity index (χ0v) is 15.9. The molecule has 4 nitrogen and oxygen atoms in total. The van der Waals surface area contributed by atoms with Crippen molar-refractivity contribution in [2.75, 3.05) is 13.6 Å². The van der Waals surface area contributed by atoms with Gasteiger partial charge in [0.25, 0.3) is 0 Å². The van der Waals surface area contributed by atoms with E-state index in [-0.39, 0.29) is 16.8 Å². The molecule has 1 aromatic rings. The van der Waals surface area contributed by atoms with Gasteiger partial charge in [0.05, 0.1) is 0 Å². The lowest BCUT2D eigenvalue weighted by atomic mass is 9.78. The summed E-state index contributed by atoms with van der Waals surface area (Å²) < 4.78 is 0. The summed E-state index contributed by atoms with van der Waals surface area (Å²) in [5.41, 5.74) is 3.00. The molecule has 0 aromatic heterocycles. The molecule has 0 bridgehead atoms. The number of aromatic hydroxyl groups is 1. The van der Waals surface area contributed by atoms with E-state index in [1.807, 2.05) is 18.2 Å². The average molecular weight is 331 g/mol. The number of benzene rings is 1. The zero-order chi connectivity index (χ0) is 18.3. The van der Waals surface area contributed by atoms with Crippen LogP contribution >= 0.6 is 0 Å². The summed E-state index contributed by atoms with van der Waals surface area (Å²) in [6, 6.07) is 3.95. The van der Waals surface area contributed by atoms with Gasteiger partial charge in [-0.1, -0.05) is 41.5 Å². The average Bonchev–Trinajstić information content (AvgIpc) is 2.41. The molecule has 0 radical (unpaired) electrons. The Morgan fingerprint density at radius 2 is 1.58 bits per heavy atom. The molecule has 132 valence electrons. The number of carbonyl (C=O) groups excluding carboxylic acids is 1. The Hall–Kier alpha value is -1.81. The van der Waals surface area contributed by atoms with Gasteiger partial charge in [-0.3, -0.25) is 0 Å². The van der Waals surface area contributed by atoms with Crippen molar-refractivity contribution in [1.82, 2.24) is 5.06 Å². The van der Waals surface area contributed by atoms with Gasteiger partial charge < -0.3 is 9.94 Å². The smallest absolute Gasteiger partial charge is 0.352 e. The largest absolute Gasteiger partial charge is 0.507 e. The first kappa shape index (κ1) is 18.5. The minimum Gasteiger partial charge on any atom is -0.507 e. The van der Waals surface area contributed by atoms with Gasteiger partial charge in [0.2, 0.25) is 0 Å². The molecular formula is C20H29NO3. The van der Waals surface area contributed by atoms with Gasteiger partial charge in [0.15, 0.2) is 0 Å². The molecule has 4 heteroatoms. The van der Waals surface area contributed by atoms with E-state index in [0.29, 0.717) is 24.3 Å². The van der Waals surface area contributed by atoms with E-state index in [4.69, 9.17) is 4.84 Å². The van der Waals surface area contributed by atoms with Gasteiger partial charge in [-0.05, 0) is 41.0 Å². The molecule has 0 saturated carbocycles. The first-order valence-electron chi connectivity index (χ1n) is 8.41. The lowest BCUT2D eigenvalue weighted by molar-refractivity contribution is -0.184. The van der Waals surface area contributed by atoms with E-state index in [1.54, 1.807) is 12.1 Å². The van der Waals surface area contributed by atoms with Gasteiger partial charge >= 0.3 is 5.97 Å². The van der Waals surface area contributed by atoms with Crippen molar-refractivity contribution in [2.24, 2.45) is 0 Å². The Bertz CT molecular complexity index is 640. The summed E-state index contributed by atoms with van der Waals surface area (Å²) in [4.78, 5) is 17.2. The lowest BCUT2D eigenvalue weighted by Crippen LogP contribution is -2.31. The van der Waals surface area contributed by atoms with E-state index in [0.717, 1.165) is 16.7 Å². The molecule has 0 aliphatic carbocycles. The molecule has 1 fully saturated rings. The third kappa shape index (κ3) is 3.99. The third-order valence-corrected chi connectivity index (χ3v) is 4.29. The van der Waals surface area contributed by atoms with Crippen molar-refractivity contribution in [2.45, 2.75) is 58.8 Å². The predicted molar refractivity (Wildman–Crippen MR) is 96.8 cm³/mol. The van der Waals surface area contributed by atoms with Crippen LogP contribution in [0.5, 0.6) is 5.75 Å². The summed E-state index contributed by atoms with van der Waals surface area (Å²) in [6.45, 7) is 13.2. The third-order valence-electron chi connectivity index (χ3n) is 4.29. The number of nitrogens with zero attached hydrogens (tertiary/aromatic N) is 1. The van der Waals surface area contributed by atoms with Gasteiger partial charge in [-0.25, -0.2) is 4.79 Å². The van der Waals surface area contributed by atoms with Crippen LogP contribution in [-0.4, -0.2) is 29.7 Å². The molecule has 1 aromatic carbocycles. The molecule has 1 aliphatic heterocycles. The van der Waals surface area contributed by atoms with Crippen molar-refractivity contribution in [1.29, 1.82) is 0 Å². The first-order chi connectivity index (χ1) is 10.9. The molecular weight excluding hydrogens is 302 g/mol. The van der Waals surface area contributed by atoms with Crippen LogP contribution in [-0.2, 0) is 20.5 Å². The second kappa shape index (κ2) is 6.25. The lowest BCUT2D eigenvalue weighted by Gasteiger charge is -2.28. The number of hydrogen-bond donors (Lipinski definition) is 1. The Balaban J connectivity index is 2.57. The van der Waals surface area contributed by atoms with E-state index in [1.165, 1.54) is 0 Å². The zero-order valence-electron chi connectivity index (χ0n) is 15.9. The number of hydrogen-bond acceptors (Lipinski definition) is 4. The highest BCUT2D eigenvalue weighted by molar-refractivity contribution is 5.94. The summed E-state index contributed by atoms with van der Waals surface area (Å²) in [5, 5.41) is 12.3. The molecule has 0 atom stereocenters. The van der Waals surface area contributed by atoms with Crippen molar-refractivity contribution in [3.05, 3.63) is 34.4 Å². The van der Waals surface area contributed by atoms with Crippen LogP contribution in [0.25, 0.3) is 6.08 Å². The predicted octanol–water partition coefficient (Wildman–Crippen LogP) is 4.16. The fraction of sp³-hybridized carbons (Fsp3) is 0.550. The van der Waals surface area contributed by atoms with Gasteiger partial charge in [-0.2, -0.15) is 0 Å². The molecule has 1 aliphatic rings. The highest BCUT2D eigenvalue weighted by atomic mass is 16.7. The van der Waals surface area contributed by atoms with Crippen LogP contribution in [0.4, 0.5) is 0 Å². The van der Waals surface area contributed by atoms with Crippen molar-refractivity contribution in [3.63, 3.8) is 0 Å². The molecule has 2 rings (SSSR count). The van der Waals surface area contributed by atoms with Crippen LogP contribution in [0.2, 0.25) is 0 Å². The standard InChI is InChI=1S/C20H29NO3/c1-19(2,3)15-11-13(12-16(17(15)22)20(4,5)6)10-14-8-9-21(7)24-18(14)23/h10-12,22H,8-9H2,1-7H3. The molecule has 24 heavy (non-hydrogen) atoms. The fourth-order valence-electron chi connectivity index (χ4n) is 2.84. The molecule has 1 N–H and O–H groups in total. The summed E-state index contributed by atoms with van der Waals surface area (Å²) >= 11 is 0. The van der Waals surface area contributed by atoms with Crippen LogP contribution in [0.1, 0.15) is 64.7 Å². The summed E-state index contributed by atoms with van der Waals surface area (Å²) in [7, 11) is 1.75. The minimum absolute atomic E-state index is 0.189. The van der Waals surface area contributed by atoms with E-state index in [2.05, 4.69) is 41.5 Å². The van der Waals surface area contributed by atoms with Crippen LogP contribution < -0.4 is 0 Å². The molecule has 0 spiro atoms. The van der Waals surface area contributed by atoms with E-state index < -0.39 is 0 Å². The quantitative estimate of drug-likeness (QED) is 0.785. The second-order valence-corrected chi connectivity index (χ2v) is 8.61. The van der Waals surface area contributed by atoms with Gasteiger partial charge in [0, 0.05) is 30.3 Å². The minimum atomic E-state index is -0.300. The Morgan fingerprint density at radius 3 is 2.00 bits per heavy atom. The van der Waals surface area contributed by atoms with Crippen LogP contribution in [0.3, 0.4) is 0 Å². The van der Waals surface area contributed by atoms with Gasteiger partial charge in [0.1, 0.15) is 5.75 Å². The Kier molecular flexibility index (Phi) is 4.82. The van der Waals surface area contributed by atoms with Gasteiger partial charge in [-0.15, -0.1) is 5.06 Å². The normalized spacial score (nSPS) is 18.8. The molecule has 1 saturated heterocycles. The number of phenols is 1. The topological polar surface area (TPSA) is 49.8 Å². The molecule has 0 unspecified atom stereocenters. The maximum absolute atomic E-state index is 12.1. The number of carbonyl (C=O) groups is 1. The fourth-order valence-corrected chi connectivity index (χ4v) is 2.84. The second-order valence-electron chi connectivity index (χ2n) is 8.61. The SMILES string of the molecule is CN1CCC(=Cc2cc(C(C)(C)C)c(O)c(C(C)(C)C)c2)C(=O)O1. The molecule has 0 amide bonds. The van der Waals surface area contributed by atoms with Crippen molar-refractivity contribution in [3.8, 4) is 5.75 Å². The summed E-state index contributed by atoms with van der Waals surface area (Å²) in [5.74, 6) is 0.0505. The van der Waals surface area contributed by atoms with Crippen LogP contribution in [0, 0.1) is 0 Å². The maximum Gasteiger partial charge on any atom is 0.352 e. The Morgan fingerprint density at radius 1 is 1.08 bits per heavy atom. The van der Waals surface area contributed by atoms with Crippen LogP contribution in [0.15, 0.2) is 17.7 Å². The van der Waals surface area contributed by atoms with Crippen molar-refractivity contribution < 1.29 is 14.7 Å². The number of rotatable bonds is 1. The number of phenolic OH excluding ortho intramolecular Hbond substituents is 1. The molecule has 1 heterocycles. The maximum atomic E-state index is 12.1. The first-order valence-corrected chi connectivity index (χ1v) is 8.41. The summed E-state index contributed by atoms with van der Waals surface area (Å²) in [6.07, 6.45) is 2.55. The highest BCUT2D eigenvalue weighted by Crippen LogP contribution is 2.40. The van der Waals surface area contributed by atoms with E-state index in [9.17, 15) is 9.90 Å². The number of hydroxylamine groups is 2. The highest BCUT2D eigenvalue weighted by Gasteiger charge is 2.27. The monoisotopic (exact) mass is 331 g/mol. The van der Waals surface area contributed by atoms with E-state index >= 15 is 0 Å². The Labute approximate surface area is 145 Å².